The highest BCUT2D eigenvalue weighted by Crippen LogP contribution is 2.13. The molecule has 0 spiro atoms. The van der Waals surface area contributed by atoms with Gasteiger partial charge in [0.1, 0.15) is 10.9 Å². The molecule has 1 aliphatic rings. The molecule has 0 aliphatic carbocycles. The fraction of sp³-hybridized carbons (Fsp3) is 0.200. The largest absolute Gasteiger partial charge is 0.492 e. The average molecular weight is 146 g/mol. The van der Waals surface area contributed by atoms with E-state index in [1.54, 1.807) is 6.92 Å². The average Bonchev–Trinajstić information content (AvgIpc) is 1.80. The number of aliphatic imine (C=N–C) groups is 1. The molecule has 9 heavy (non-hydrogen) atoms. The molecule has 0 unspecified atom stereocenters. The summed E-state index contributed by atoms with van der Waals surface area (Å²) in [5.41, 5.74) is 0. The number of aliphatic hydroxyl groups excluding tert-OH is 1. The van der Waals surface area contributed by atoms with Gasteiger partial charge in [0.15, 0.2) is 0 Å². The van der Waals surface area contributed by atoms with Crippen LogP contribution in [-0.2, 0) is 0 Å². The molecular formula is C5H6ClN2O. The molecule has 49 valence electrons. The molecule has 0 saturated heterocycles. The molecule has 0 aromatic rings. The van der Waals surface area contributed by atoms with Crippen LogP contribution in [0.25, 0.3) is 0 Å². The van der Waals surface area contributed by atoms with Crippen molar-refractivity contribution in [1.29, 1.82) is 0 Å². The Kier molecular flexibility index (Phi) is 1.62. The first-order valence-electron chi connectivity index (χ1n) is 2.44. The van der Waals surface area contributed by atoms with Crippen molar-refractivity contribution in [3.63, 3.8) is 0 Å². The predicted molar refractivity (Wildman–Crippen MR) is 36.1 cm³/mol. The van der Waals surface area contributed by atoms with Gasteiger partial charge in [0.25, 0.3) is 0 Å². The Morgan fingerprint density at radius 2 is 2.44 bits per heavy atom. The van der Waals surface area contributed by atoms with Gasteiger partial charge in [-0.2, -0.15) is 0 Å². The minimum atomic E-state index is -0.132. The van der Waals surface area contributed by atoms with Crippen molar-refractivity contribution in [3.05, 3.63) is 17.5 Å². The molecule has 0 aromatic carbocycles. The number of hydrogen-bond acceptors (Lipinski definition) is 3. The van der Waals surface area contributed by atoms with E-state index in [0.29, 0.717) is 5.84 Å². The number of nitrogens with one attached hydrogen (secondary N) is 1. The van der Waals surface area contributed by atoms with Gasteiger partial charge >= 0.3 is 0 Å². The molecule has 1 radical (unpaired) electrons. The number of amidine groups is 1. The molecule has 1 heterocycles. The van der Waals surface area contributed by atoms with E-state index in [9.17, 15) is 0 Å². The summed E-state index contributed by atoms with van der Waals surface area (Å²) in [6, 6.07) is 0. The van der Waals surface area contributed by atoms with Crippen LogP contribution in [0, 0.1) is 6.54 Å². The van der Waals surface area contributed by atoms with E-state index >= 15 is 0 Å². The lowest BCUT2D eigenvalue weighted by Gasteiger charge is -2.09. The van der Waals surface area contributed by atoms with Crippen molar-refractivity contribution >= 4 is 17.4 Å². The predicted octanol–water partition coefficient (Wildman–Crippen LogP) is 1.14. The van der Waals surface area contributed by atoms with Crippen LogP contribution in [-0.4, -0.2) is 10.9 Å². The fourth-order valence-electron chi connectivity index (χ4n) is 0.477. The minimum absolute atomic E-state index is 0.132. The summed E-state index contributed by atoms with van der Waals surface area (Å²) >= 11 is 5.44. The monoisotopic (exact) mass is 145 g/mol. The number of hydrogen-bond donors (Lipinski definition) is 2. The highest BCUT2D eigenvalue weighted by atomic mass is 35.5. The molecular weight excluding hydrogens is 140 g/mol. The van der Waals surface area contributed by atoms with Gasteiger partial charge < -0.3 is 10.4 Å². The van der Waals surface area contributed by atoms with Crippen LogP contribution < -0.4 is 5.32 Å². The van der Waals surface area contributed by atoms with Gasteiger partial charge in [0.2, 0.25) is 5.88 Å². The van der Waals surface area contributed by atoms with Crippen LogP contribution >= 0.6 is 11.6 Å². The lowest BCUT2D eigenvalue weighted by Crippen LogP contribution is -2.21. The summed E-state index contributed by atoms with van der Waals surface area (Å²) in [4.78, 5) is 3.64. The van der Waals surface area contributed by atoms with E-state index in [0.717, 1.165) is 0 Å². The van der Waals surface area contributed by atoms with Crippen LogP contribution in [0.4, 0.5) is 0 Å². The van der Waals surface area contributed by atoms with Gasteiger partial charge in [-0.25, -0.2) is 4.99 Å². The number of aliphatic hydroxyl groups is 1. The maximum Gasteiger partial charge on any atom is 0.229 e. The molecule has 1 aliphatic heterocycles. The molecule has 0 aromatic heterocycles. The first kappa shape index (κ1) is 6.42. The third-order valence-electron chi connectivity index (χ3n) is 0.895. The second-order valence-electron chi connectivity index (χ2n) is 1.66. The van der Waals surface area contributed by atoms with Crippen molar-refractivity contribution < 1.29 is 5.11 Å². The van der Waals surface area contributed by atoms with Crippen LogP contribution in [0.15, 0.2) is 15.9 Å². The summed E-state index contributed by atoms with van der Waals surface area (Å²) < 4.78 is 0. The Bertz CT molecular complexity index is 185. The molecule has 0 atom stereocenters. The van der Waals surface area contributed by atoms with Crippen LogP contribution in [0.1, 0.15) is 6.92 Å². The van der Waals surface area contributed by atoms with E-state index in [1.165, 1.54) is 6.54 Å². The summed E-state index contributed by atoms with van der Waals surface area (Å²) in [7, 11) is 0. The van der Waals surface area contributed by atoms with E-state index in [-0.39, 0.29) is 10.9 Å². The third-order valence-corrected chi connectivity index (χ3v) is 1.17. The molecule has 1 rings (SSSR count). The van der Waals surface area contributed by atoms with Crippen LogP contribution in [0.5, 0.6) is 0 Å². The number of halogens is 1. The van der Waals surface area contributed by atoms with Gasteiger partial charge in [-0.1, -0.05) is 11.6 Å². The van der Waals surface area contributed by atoms with E-state index in [4.69, 9.17) is 16.7 Å². The van der Waals surface area contributed by atoms with Gasteiger partial charge in [0.05, 0.1) is 6.54 Å². The Labute approximate surface area is 58.0 Å². The fourth-order valence-corrected chi connectivity index (χ4v) is 0.574. The second-order valence-corrected chi connectivity index (χ2v) is 2.06. The quantitative estimate of drug-likeness (QED) is 0.537. The summed E-state index contributed by atoms with van der Waals surface area (Å²) in [6.45, 7) is 3.22. The normalized spacial score (nSPS) is 19.1. The van der Waals surface area contributed by atoms with Gasteiger partial charge in [0, 0.05) is 0 Å². The van der Waals surface area contributed by atoms with Crippen molar-refractivity contribution in [2.24, 2.45) is 4.99 Å². The van der Waals surface area contributed by atoms with Crippen molar-refractivity contribution in [1.82, 2.24) is 5.32 Å². The van der Waals surface area contributed by atoms with E-state index in [1.807, 2.05) is 0 Å². The van der Waals surface area contributed by atoms with Gasteiger partial charge in [-0.05, 0) is 6.92 Å². The molecule has 0 amide bonds. The third kappa shape index (κ3) is 1.36. The van der Waals surface area contributed by atoms with Crippen molar-refractivity contribution in [3.8, 4) is 0 Å². The van der Waals surface area contributed by atoms with Crippen LogP contribution in [0.2, 0.25) is 0 Å². The SMILES string of the molecule is CC1=NC(O)=C(Cl)[CH]N1. The maximum atomic E-state index is 8.84. The lowest BCUT2D eigenvalue weighted by molar-refractivity contribution is 0.401. The highest BCUT2D eigenvalue weighted by Gasteiger charge is 2.07. The molecule has 3 nitrogen and oxygen atoms in total. The van der Waals surface area contributed by atoms with Crippen molar-refractivity contribution in [2.75, 3.05) is 0 Å². The molecule has 0 bridgehead atoms. The first-order valence-corrected chi connectivity index (χ1v) is 2.82. The standard InChI is InChI=1S/C5H6ClN2O/c1-3-7-2-4(6)5(9)8-3/h2,9H,1H3,(H,7,8). The topological polar surface area (TPSA) is 44.6 Å². The second kappa shape index (κ2) is 2.27. The highest BCUT2D eigenvalue weighted by molar-refractivity contribution is 6.31. The zero-order valence-corrected chi connectivity index (χ0v) is 5.61. The Hall–Kier alpha value is -0.700. The molecule has 0 saturated carbocycles. The smallest absolute Gasteiger partial charge is 0.229 e. The van der Waals surface area contributed by atoms with E-state index in [2.05, 4.69) is 10.3 Å². The molecule has 0 fully saturated rings. The maximum absolute atomic E-state index is 8.84. The zero-order valence-electron chi connectivity index (χ0n) is 4.85. The van der Waals surface area contributed by atoms with Gasteiger partial charge in [-0.15, -0.1) is 0 Å². The Balaban J connectivity index is 2.83. The van der Waals surface area contributed by atoms with E-state index < -0.39 is 0 Å². The Morgan fingerprint density at radius 3 is 2.89 bits per heavy atom. The summed E-state index contributed by atoms with van der Waals surface area (Å²) in [6.07, 6.45) is 0. The zero-order chi connectivity index (χ0) is 6.85. The first-order chi connectivity index (χ1) is 4.20. The number of nitrogens with zero attached hydrogens (tertiary/aromatic N) is 1. The van der Waals surface area contributed by atoms with Crippen molar-refractivity contribution in [2.45, 2.75) is 6.92 Å². The summed E-state index contributed by atoms with van der Waals surface area (Å²) in [5, 5.41) is 11.8. The lowest BCUT2D eigenvalue weighted by atomic mass is 10.4. The molecule has 4 heteroatoms. The minimum Gasteiger partial charge on any atom is -0.492 e. The molecule has 2 N–H and O–H groups in total. The van der Waals surface area contributed by atoms with Crippen LogP contribution in [0.3, 0.4) is 0 Å². The number of rotatable bonds is 0. The summed E-state index contributed by atoms with van der Waals surface area (Å²) in [5.74, 6) is 0.504. The Morgan fingerprint density at radius 1 is 1.78 bits per heavy atom. The van der Waals surface area contributed by atoms with Gasteiger partial charge in [-0.3, -0.25) is 0 Å².